The zero-order valence-corrected chi connectivity index (χ0v) is 12.2. The minimum atomic E-state index is 0.488. The summed E-state index contributed by atoms with van der Waals surface area (Å²) < 4.78 is 5.08. The van der Waals surface area contributed by atoms with Crippen LogP contribution in [0, 0.1) is 5.92 Å². The number of nitrogens with one attached hydrogen (secondary N) is 1. The highest BCUT2D eigenvalue weighted by Gasteiger charge is 2.39. The second-order valence-electron chi connectivity index (χ2n) is 6.10. The van der Waals surface area contributed by atoms with Crippen molar-refractivity contribution in [2.45, 2.75) is 31.8 Å². The van der Waals surface area contributed by atoms with Gasteiger partial charge in [0.05, 0.1) is 18.2 Å². The fourth-order valence-electron chi connectivity index (χ4n) is 3.69. The minimum absolute atomic E-state index is 0.488. The maximum atomic E-state index is 5.08. The third-order valence-electron chi connectivity index (χ3n) is 4.97. The molecule has 0 spiro atoms. The molecule has 2 bridgehead atoms. The molecule has 5 rings (SSSR count). The number of hydrogen-bond acceptors (Lipinski definition) is 5. The van der Waals surface area contributed by atoms with Crippen molar-refractivity contribution in [1.29, 1.82) is 0 Å². The van der Waals surface area contributed by atoms with Gasteiger partial charge in [-0.2, -0.15) is 0 Å². The van der Waals surface area contributed by atoms with Gasteiger partial charge >= 0.3 is 0 Å². The topological polar surface area (TPSA) is 54.2 Å². The van der Waals surface area contributed by atoms with Gasteiger partial charge in [0.15, 0.2) is 0 Å². The highest BCUT2D eigenvalue weighted by Crippen LogP contribution is 2.33. The summed E-state index contributed by atoms with van der Waals surface area (Å²) in [6, 6.07) is 6.97. The first kappa shape index (κ1) is 12.8. The Kier molecular flexibility index (Phi) is 3.15. The molecule has 2 aromatic heterocycles. The normalized spacial score (nSPS) is 31.3. The molecule has 3 aliphatic heterocycles. The van der Waals surface area contributed by atoms with Crippen LogP contribution in [0.3, 0.4) is 0 Å². The number of hydrogen-bond donors (Lipinski definition) is 1. The largest absolute Gasteiger partial charge is 0.472 e. The summed E-state index contributed by atoms with van der Waals surface area (Å²) in [5.41, 5.74) is 1.81. The van der Waals surface area contributed by atoms with Crippen molar-refractivity contribution >= 4 is 5.82 Å². The van der Waals surface area contributed by atoms with Crippen LogP contribution in [0.2, 0.25) is 0 Å². The van der Waals surface area contributed by atoms with E-state index in [0.717, 1.165) is 23.0 Å². The van der Waals surface area contributed by atoms with Crippen molar-refractivity contribution in [2.24, 2.45) is 5.92 Å². The van der Waals surface area contributed by atoms with Gasteiger partial charge in [0.1, 0.15) is 5.82 Å². The predicted octanol–water partition coefficient (Wildman–Crippen LogP) is 2.63. The molecule has 2 atom stereocenters. The summed E-state index contributed by atoms with van der Waals surface area (Å²) in [5, 5.41) is 12.2. The monoisotopic (exact) mass is 284 g/mol. The lowest BCUT2D eigenvalue weighted by Gasteiger charge is -2.50. The van der Waals surface area contributed by atoms with Crippen molar-refractivity contribution in [1.82, 2.24) is 15.1 Å². The van der Waals surface area contributed by atoms with E-state index >= 15 is 0 Å². The lowest BCUT2D eigenvalue weighted by atomic mass is 9.79. The summed E-state index contributed by atoms with van der Waals surface area (Å²) in [6.07, 6.45) is 5.93. The Labute approximate surface area is 124 Å². The minimum Gasteiger partial charge on any atom is -0.472 e. The van der Waals surface area contributed by atoms with Crippen molar-refractivity contribution in [3.8, 4) is 11.3 Å². The highest BCUT2D eigenvalue weighted by atomic mass is 16.3. The Balaban J connectivity index is 1.50. The molecule has 5 heteroatoms. The zero-order valence-electron chi connectivity index (χ0n) is 12.2. The molecule has 5 heterocycles. The van der Waals surface area contributed by atoms with Crippen molar-refractivity contribution in [2.75, 3.05) is 18.4 Å². The Morgan fingerprint density at radius 2 is 2.05 bits per heavy atom. The standard InChI is InChI=1S/C16H20N4O/c1-11-16(12-4-7-20(11)8-5-12)17-15-3-2-14(18-19-15)13-6-9-21-10-13/h2-3,6,9-12,16H,4-5,7-8H2,1H3,(H,17,19)/t11-,16-/m1/s1. The molecule has 3 fully saturated rings. The van der Waals surface area contributed by atoms with Crippen LogP contribution in [0.15, 0.2) is 35.1 Å². The molecular formula is C16H20N4O. The molecule has 3 aliphatic rings. The summed E-state index contributed by atoms with van der Waals surface area (Å²) in [6.45, 7) is 4.81. The maximum Gasteiger partial charge on any atom is 0.148 e. The average Bonchev–Trinajstić information content (AvgIpc) is 3.06. The number of furan rings is 1. The third-order valence-corrected chi connectivity index (χ3v) is 4.97. The number of nitrogens with zero attached hydrogens (tertiary/aromatic N) is 3. The maximum absolute atomic E-state index is 5.08. The van der Waals surface area contributed by atoms with E-state index in [0.29, 0.717) is 12.1 Å². The van der Waals surface area contributed by atoms with E-state index in [9.17, 15) is 0 Å². The average molecular weight is 284 g/mol. The molecular weight excluding hydrogens is 264 g/mol. The molecule has 2 aromatic rings. The Bertz CT molecular complexity index is 585. The van der Waals surface area contributed by atoms with Crippen LogP contribution in [0.1, 0.15) is 19.8 Å². The van der Waals surface area contributed by atoms with E-state index < -0.39 is 0 Å². The fraction of sp³-hybridized carbons (Fsp3) is 0.500. The SMILES string of the molecule is C[C@@H]1[C@@H](Nc2ccc(-c3ccoc3)nn2)C2CCN1CC2. The van der Waals surface area contributed by atoms with E-state index in [1.165, 1.54) is 25.9 Å². The first-order valence-corrected chi connectivity index (χ1v) is 7.68. The smallest absolute Gasteiger partial charge is 0.148 e. The Morgan fingerprint density at radius 3 is 2.67 bits per heavy atom. The number of piperidine rings is 3. The van der Waals surface area contributed by atoms with Crippen LogP contribution in [0.4, 0.5) is 5.82 Å². The summed E-state index contributed by atoms with van der Waals surface area (Å²) in [5.74, 6) is 1.63. The van der Waals surface area contributed by atoms with Crippen LogP contribution in [-0.4, -0.2) is 40.3 Å². The van der Waals surface area contributed by atoms with Gasteiger partial charge in [-0.15, -0.1) is 10.2 Å². The molecule has 0 saturated carbocycles. The first-order chi connectivity index (χ1) is 10.3. The highest BCUT2D eigenvalue weighted by molar-refractivity contribution is 5.57. The molecule has 21 heavy (non-hydrogen) atoms. The van der Waals surface area contributed by atoms with Gasteiger partial charge in [0.2, 0.25) is 0 Å². The lowest BCUT2D eigenvalue weighted by molar-refractivity contribution is 0.0457. The van der Waals surface area contributed by atoms with Crippen LogP contribution in [0.5, 0.6) is 0 Å². The van der Waals surface area contributed by atoms with Crippen LogP contribution >= 0.6 is 0 Å². The van der Waals surface area contributed by atoms with Gasteiger partial charge in [-0.25, -0.2) is 0 Å². The Hall–Kier alpha value is -1.88. The predicted molar refractivity (Wildman–Crippen MR) is 80.9 cm³/mol. The van der Waals surface area contributed by atoms with Crippen molar-refractivity contribution < 1.29 is 4.42 Å². The molecule has 0 aliphatic carbocycles. The Morgan fingerprint density at radius 1 is 1.19 bits per heavy atom. The van der Waals surface area contributed by atoms with E-state index in [2.05, 4.69) is 27.3 Å². The molecule has 5 nitrogen and oxygen atoms in total. The molecule has 0 aromatic carbocycles. The summed E-state index contributed by atoms with van der Waals surface area (Å²) >= 11 is 0. The second kappa shape index (κ2) is 5.15. The van der Waals surface area contributed by atoms with Crippen LogP contribution < -0.4 is 5.32 Å². The molecule has 0 amide bonds. The lowest BCUT2D eigenvalue weighted by Crippen LogP contribution is -2.59. The molecule has 0 unspecified atom stereocenters. The molecule has 0 radical (unpaired) electrons. The van der Waals surface area contributed by atoms with E-state index in [-0.39, 0.29) is 0 Å². The van der Waals surface area contributed by atoms with Gasteiger partial charge in [-0.05, 0) is 57.0 Å². The van der Waals surface area contributed by atoms with Crippen LogP contribution in [-0.2, 0) is 0 Å². The number of aromatic nitrogens is 2. The molecule has 3 saturated heterocycles. The van der Waals surface area contributed by atoms with E-state index in [1.807, 2.05) is 18.2 Å². The second-order valence-corrected chi connectivity index (χ2v) is 6.10. The van der Waals surface area contributed by atoms with E-state index in [4.69, 9.17) is 4.42 Å². The van der Waals surface area contributed by atoms with Gasteiger partial charge in [0, 0.05) is 17.6 Å². The third kappa shape index (κ3) is 2.31. The van der Waals surface area contributed by atoms with Gasteiger partial charge in [-0.1, -0.05) is 0 Å². The number of anilines is 1. The first-order valence-electron chi connectivity index (χ1n) is 7.68. The molecule has 110 valence electrons. The van der Waals surface area contributed by atoms with Crippen molar-refractivity contribution in [3.63, 3.8) is 0 Å². The summed E-state index contributed by atoms with van der Waals surface area (Å²) in [4.78, 5) is 2.57. The van der Waals surface area contributed by atoms with Gasteiger partial charge in [0.25, 0.3) is 0 Å². The van der Waals surface area contributed by atoms with Gasteiger partial charge < -0.3 is 9.73 Å². The van der Waals surface area contributed by atoms with Gasteiger partial charge in [-0.3, -0.25) is 4.90 Å². The summed E-state index contributed by atoms with van der Waals surface area (Å²) in [7, 11) is 0. The van der Waals surface area contributed by atoms with Crippen molar-refractivity contribution in [3.05, 3.63) is 30.7 Å². The quantitative estimate of drug-likeness (QED) is 0.939. The van der Waals surface area contributed by atoms with Crippen LogP contribution in [0.25, 0.3) is 11.3 Å². The van der Waals surface area contributed by atoms with E-state index in [1.54, 1.807) is 12.5 Å². The number of rotatable bonds is 3. The fourth-order valence-corrected chi connectivity index (χ4v) is 3.69. The zero-order chi connectivity index (χ0) is 14.2. The molecule has 1 N–H and O–H groups in total. The number of fused-ring (bicyclic) bond motifs is 3.